The van der Waals surface area contributed by atoms with Gasteiger partial charge < -0.3 is 15.0 Å². The molecule has 2 aromatic carbocycles. The average molecular weight is 472 g/mol. The molecule has 1 saturated carbocycles. The van der Waals surface area contributed by atoms with Gasteiger partial charge in [0, 0.05) is 24.5 Å². The highest BCUT2D eigenvalue weighted by molar-refractivity contribution is 5.83. The molecule has 5 rings (SSSR count). The van der Waals surface area contributed by atoms with Crippen LogP contribution in [-0.2, 0) is 7.05 Å². The van der Waals surface area contributed by atoms with Crippen molar-refractivity contribution < 1.29 is 17.9 Å². The van der Waals surface area contributed by atoms with Gasteiger partial charge in [0.1, 0.15) is 5.75 Å². The minimum absolute atomic E-state index is 0.279. The first-order valence-corrected chi connectivity index (χ1v) is 11.4. The van der Waals surface area contributed by atoms with Gasteiger partial charge >= 0.3 is 6.36 Å². The number of aryl methyl sites for hydroxylation is 1. The van der Waals surface area contributed by atoms with Gasteiger partial charge in [-0.05, 0) is 48.4 Å². The predicted molar refractivity (Wildman–Crippen MR) is 127 cm³/mol. The number of nitrogens with one attached hydrogen (secondary N) is 2. The Labute approximate surface area is 196 Å². The van der Waals surface area contributed by atoms with Gasteiger partial charge in [-0.2, -0.15) is 5.10 Å². The Morgan fingerprint density at radius 3 is 2.35 bits per heavy atom. The molecule has 1 fully saturated rings. The van der Waals surface area contributed by atoms with E-state index in [2.05, 4.69) is 32.0 Å². The van der Waals surface area contributed by atoms with Gasteiger partial charge in [0.2, 0.25) is 5.95 Å². The highest BCUT2D eigenvalue weighted by Gasteiger charge is 2.30. The van der Waals surface area contributed by atoms with E-state index in [0.717, 1.165) is 28.2 Å². The van der Waals surface area contributed by atoms with Crippen molar-refractivity contribution in [1.82, 2.24) is 19.7 Å². The van der Waals surface area contributed by atoms with Gasteiger partial charge in [-0.25, -0.2) is 4.98 Å². The Bertz CT molecular complexity index is 1210. The third kappa shape index (κ3) is 6.30. The first kappa shape index (κ1) is 23.7. The van der Waals surface area contributed by atoms with Crippen LogP contribution in [0.1, 0.15) is 39.0 Å². The van der Waals surface area contributed by atoms with Crippen molar-refractivity contribution >= 4 is 22.7 Å². The largest absolute Gasteiger partial charge is 0.573 e. The molecule has 6 nitrogen and oxygen atoms in total. The zero-order valence-electron chi connectivity index (χ0n) is 19.2. The lowest BCUT2D eigenvalue weighted by Gasteiger charge is -2.15. The number of benzene rings is 2. The van der Waals surface area contributed by atoms with Crippen LogP contribution in [0.25, 0.3) is 22.3 Å². The van der Waals surface area contributed by atoms with Crippen molar-refractivity contribution in [2.45, 2.75) is 45.4 Å². The molecule has 1 aliphatic carbocycles. The van der Waals surface area contributed by atoms with E-state index in [0.29, 0.717) is 11.6 Å². The van der Waals surface area contributed by atoms with Gasteiger partial charge in [-0.1, -0.05) is 45.1 Å². The number of alkyl halides is 3. The van der Waals surface area contributed by atoms with E-state index >= 15 is 0 Å². The number of aromatic amines is 1. The maximum Gasteiger partial charge on any atom is 0.573 e. The summed E-state index contributed by atoms with van der Waals surface area (Å²) in [5.74, 6) is 1.24. The molecule has 2 aromatic heterocycles. The second kappa shape index (κ2) is 10.2. The predicted octanol–water partition coefficient (Wildman–Crippen LogP) is 7.19. The fourth-order valence-electron chi connectivity index (χ4n) is 4.07. The molecule has 4 aromatic rings. The van der Waals surface area contributed by atoms with E-state index < -0.39 is 6.36 Å². The molecule has 0 bridgehead atoms. The summed E-state index contributed by atoms with van der Waals surface area (Å²) in [5.41, 5.74) is 4.14. The maximum atomic E-state index is 12.2. The number of imidazole rings is 1. The SMILES string of the molecule is CC1CCCCC1.Cn1nccc1-c1ccc2nc(Nc3ccc(OC(F)(F)F)cc3)[nH]c2c1. The molecule has 0 atom stereocenters. The molecule has 0 radical (unpaired) electrons. The second-order valence-corrected chi connectivity index (χ2v) is 8.60. The quantitative estimate of drug-likeness (QED) is 0.330. The van der Waals surface area contributed by atoms with Crippen molar-refractivity contribution in [2.75, 3.05) is 5.32 Å². The van der Waals surface area contributed by atoms with Crippen LogP contribution >= 0.6 is 0 Å². The molecule has 0 unspecified atom stereocenters. The first-order chi connectivity index (χ1) is 16.3. The van der Waals surface area contributed by atoms with Crippen LogP contribution in [0.3, 0.4) is 0 Å². The monoisotopic (exact) mass is 471 g/mol. The number of hydrogen-bond acceptors (Lipinski definition) is 4. The number of ether oxygens (including phenoxy) is 1. The van der Waals surface area contributed by atoms with Gasteiger partial charge in [0.15, 0.2) is 0 Å². The van der Waals surface area contributed by atoms with E-state index in [9.17, 15) is 13.2 Å². The highest BCUT2D eigenvalue weighted by Crippen LogP contribution is 2.27. The fraction of sp³-hybridized carbons (Fsp3) is 0.360. The summed E-state index contributed by atoms with van der Waals surface area (Å²) < 4.78 is 42.3. The molecule has 180 valence electrons. The van der Waals surface area contributed by atoms with Crippen molar-refractivity contribution in [3.8, 4) is 17.0 Å². The van der Waals surface area contributed by atoms with Crippen LogP contribution in [0.4, 0.5) is 24.8 Å². The molecule has 34 heavy (non-hydrogen) atoms. The van der Waals surface area contributed by atoms with Crippen LogP contribution in [0, 0.1) is 5.92 Å². The van der Waals surface area contributed by atoms with Crippen LogP contribution in [0.5, 0.6) is 5.75 Å². The Morgan fingerprint density at radius 2 is 1.76 bits per heavy atom. The van der Waals surface area contributed by atoms with Crippen molar-refractivity contribution in [1.29, 1.82) is 0 Å². The van der Waals surface area contributed by atoms with Gasteiger partial charge in [0.25, 0.3) is 0 Å². The topological polar surface area (TPSA) is 67.8 Å². The number of hydrogen-bond donors (Lipinski definition) is 2. The van der Waals surface area contributed by atoms with Crippen LogP contribution in [-0.4, -0.2) is 26.1 Å². The summed E-state index contributed by atoms with van der Waals surface area (Å²) in [7, 11) is 1.87. The minimum Gasteiger partial charge on any atom is -0.406 e. The molecule has 0 spiro atoms. The third-order valence-corrected chi connectivity index (χ3v) is 5.84. The molecule has 2 heterocycles. The van der Waals surface area contributed by atoms with Crippen LogP contribution in [0.15, 0.2) is 54.7 Å². The molecule has 1 aliphatic rings. The molecular formula is C25H28F3N5O. The van der Waals surface area contributed by atoms with E-state index in [-0.39, 0.29) is 5.75 Å². The fourth-order valence-corrected chi connectivity index (χ4v) is 4.07. The number of aromatic nitrogens is 4. The molecule has 0 aliphatic heterocycles. The van der Waals surface area contributed by atoms with E-state index in [4.69, 9.17) is 0 Å². The number of nitrogens with zero attached hydrogens (tertiary/aromatic N) is 3. The lowest BCUT2D eigenvalue weighted by molar-refractivity contribution is -0.274. The standard InChI is InChI=1S/C18H14F3N5O.C7H14/c1-26-16(8-9-22-26)11-2-7-14-15(10-11)25-17(24-14)23-12-3-5-13(6-4-12)27-18(19,20)21;1-7-5-3-2-4-6-7/h2-10H,1H3,(H2,23,24,25);7H,2-6H2,1H3. The lowest BCUT2D eigenvalue weighted by atomic mass is 9.91. The zero-order chi connectivity index (χ0) is 24.1. The summed E-state index contributed by atoms with van der Waals surface area (Å²) in [5, 5.41) is 7.19. The number of H-pyrrole nitrogens is 1. The van der Waals surface area contributed by atoms with Gasteiger partial charge in [-0.15, -0.1) is 13.2 Å². The smallest absolute Gasteiger partial charge is 0.406 e. The zero-order valence-corrected chi connectivity index (χ0v) is 19.2. The Morgan fingerprint density at radius 1 is 1.03 bits per heavy atom. The molecule has 2 N–H and O–H groups in total. The van der Waals surface area contributed by atoms with E-state index in [1.54, 1.807) is 10.9 Å². The number of halogens is 3. The lowest BCUT2D eigenvalue weighted by Crippen LogP contribution is -2.16. The van der Waals surface area contributed by atoms with Gasteiger partial charge in [0.05, 0.1) is 16.7 Å². The first-order valence-electron chi connectivity index (χ1n) is 11.4. The highest BCUT2D eigenvalue weighted by atomic mass is 19.4. The Hall–Kier alpha value is -3.49. The Balaban J connectivity index is 0.000000336. The molecular weight excluding hydrogens is 443 g/mol. The summed E-state index contributed by atoms with van der Waals surface area (Å²) in [6, 6.07) is 13.2. The maximum absolute atomic E-state index is 12.2. The summed E-state index contributed by atoms with van der Waals surface area (Å²) in [6.07, 6.45) is 4.46. The second-order valence-electron chi connectivity index (χ2n) is 8.60. The number of anilines is 2. The molecule has 9 heteroatoms. The van der Waals surface area contributed by atoms with Crippen molar-refractivity contribution in [3.63, 3.8) is 0 Å². The summed E-state index contributed by atoms with van der Waals surface area (Å²) >= 11 is 0. The summed E-state index contributed by atoms with van der Waals surface area (Å²) in [6.45, 7) is 2.36. The average Bonchev–Trinajstić information content (AvgIpc) is 3.40. The molecule has 0 saturated heterocycles. The van der Waals surface area contributed by atoms with Crippen LogP contribution in [0.2, 0.25) is 0 Å². The Kier molecular flexibility index (Phi) is 7.09. The normalized spacial score (nSPS) is 14.5. The summed E-state index contributed by atoms with van der Waals surface area (Å²) in [4.78, 5) is 7.59. The molecule has 0 amide bonds. The van der Waals surface area contributed by atoms with Crippen molar-refractivity contribution in [3.05, 3.63) is 54.7 Å². The minimum atomic E-state index is -4.71. The third-order valence-electron chi connectivity index (χ3n) is 5.84. The number of rotatable bonds is 4. The van der Waals surface area contributed by atoms with E-state index in [1.807, 2.05) is 31.3 Å². The van der Waals surface area contributed by atoms with Gasteiger partial charge in [-0.3, -0.25) is 4.68 Å². The van der Waals surface area contributed by atoms with Crippen LogP contribution < -0.4 is 10.1 Å². The van der Waals surface area contributed by atoms with Crippen molar-refractivity contribution in [2.24, 2.45) is 13.0 Å². The van der Waals surface area contributed by atoms with E-state index in [1.165, 1.54) is 56.4 Å². The number of fused-ring (bicyclic) bond motifs is 1.